The Morgan fingerprint density at radius 3 is 2.47 bits per heavy atom. The van der Waals surface area contributed by atoms with Crippen molar-refractivity contribution in [2.24, 2.45) is 0 Å². The van der Waals surface area contributed by atoms with Crippen molar-refractivity contribution in [1.29, 1.82) is 0 Å². The molecular weight excluding hydrogens is 450 g/mol. The number of fused-ring (bicyclic) bond motifs is 1. The maximum Gasteiger partial charge on any atom is 0.264 e. The summed E-state index contributed by atoms with van der Waals surface area (Å²) in [5.41, 5.74) is 0.634. The third kappa shape index (κ3) is 5.20. The molecule has 0 atom stereocenters. The molecule has 0 radical (unpaired) electrons. The van der Waals surface area contributed by atoms with Crippen LogP contribution in [-0.4, -0.2) is 49.9 Å². The summed E-state index contributed by atoms with van der Waals surface area (Å²) in [4.78, 5) is 16.9. The van der Waals surface area contributed by atoms with Crippen LogP contribution in [0.3, 0.4) is 0 Å². The molecule has 1 aromatic heterocycles. The van der Waals surface area contributed by atoms with Crippen molar-refractivity contribution in [2.45, 2.75) is 31.1 Å². The predicted molar refractivity (Wildman–Crippen MR) is 124 cm³/mol. The molecule has 4 rings (SSSR count). The molecule has 0 aliphatic carbocycles. The summed E-state index contributed by atoms with van der Waals surface area (Å²) in [6.45, 7) is 3.63. The molecule has 0 spiro atoms. The Morgan fingerprint density at radius 1 is 1.09 bits per heavy atom. The van der Waals surface area contributed by atoms with Crippen LogP contribution in [0.1, 0.15) is 26.2 Å². The van der Waals surface area contributed by atoms with Crippen LogP contribution in [0.2, 0.25) is 0 Å². The van der Waals surface area contributed by atoms with Crippen LogP contribution in [-0.2, 0) is 14.8 Å². The van der Waals surface area contributed by atoms with Gasteiger partial charge >= 0.3 is 0 Å². The van der Waals surface area contributed by atoms with Crippen molar-refractivity contribution < 1.29 is 22.7 Å². The second-order valence-electron chi connectivity index (χ2n) is 7.42. The minimum absolute atomic E-state index is 0.167. The molecular formula is C22H25N3O5S2. The first-order valence-electron chi connectivity index (χ1n) is 10.5. The van der Waals surface area contributed by atoms with Crippen molar-refractivity contribution in [2.75, 3.05) is 31.6 Å². The zero-order chi connectivity index (χ0) is 22.6. The molecule has 0 saturated carbocycles. The summed E-state index contributed by atoms with van der Waals surface area (Å²) >= 11 is 1.23. The fourth-order valence-electron chi connectivity index (χ4n) is 3.35. The lowest BCUT2D eigenvalue weighted by molar-refractivity contribution is -0.118. The molecule has 1 amide bonds. The van der Waals surface area contributed by atoms with Gasteiger partial charge in [-0.3, -0.25) is 10.1 Å². The maximum atomic E-state index is 12.8. The topological polar surface area (TPSA) is 97.8 Å². The number of carbonyl (C=O) groups excluding carboxylic acids is 1. The third-order valence-electron chi connectivity index (χ3n) is 4.98. The summed E-state index contributed by atoms with van der Waals surface area (Å²) in [7, 11) is -3.50. The highest BCUT2D eigenvalue weighted by Gasteiger charge is 2.27. The van der Waals surface area contributed by atoms with Crippen LogP contribution in [0, 0.1) is 0 Å². The first-order valence-corrected chi connectivity index (χ1v) is 12.8. The number of nitrogens with zero attached hydrogens (tertiary/aromatic N) is 2. The normalized spacial score (nSPS) is 14.5. The summed E-state index contributed by atoms with van der Waals surface area (Å²) < 4.78 is 38.8. The highest BCUT2D eigenvalue weighted by Crippen LogP contribution is 2.30. The van der Waals surface area contributed by atoms with Gasteiger partial charge in [-0.15, -0.1) is 0 Å². The maximum absolute atomic E-state index is 12.8. The SMILES string of the molecule is CCCOc1ccc(OCC(=O)Nc2nc3ccc(S(=O)(=O)N4CCCC4)cc3s2)cc1. The van der Waals surface area contributed by atoms with E-state index in [0.29, 0.717) is 40.8 Å². The largest absolute Gasteiger partial charge is 0.494 e. The van der Waals surface area contributed by atoms with Crippen molar-refractivity contribution >= 4 is 42.6 Å². The number of thiazole rings is 1. The van der Waals surface area contributed by atoms with E-state index in [2.05, 4.69) is 10.3 Å². The first kappa shape index (κ1) is 22.5. The molecule has 1 fully saturated rings. The van der Waals surface area contributed by atoms with Crippen LogP contribution >= 0.6 is 11.3 Å². The monoisotopic (exact) mass is 475 g/mol. The summed E-state index contributed by atoms with van der Waals surface area (Å²) in [5, 5.41) is 3.11. The molecule has 8 nitrogen and oxygen atoms in total. The summed E-state index contributed by atoms with van der Waals surface area (Å²) in [6.07, 6.45) is 2.70. The van der Waals surface area contributed by atoms with Crippen molar-refractivity contribution in [3.8, 4) is 11.5 Å². The number of carbonyl (C=O) groups is 1. The molecule has 32 heavy (non-hydrogen) atoms. The van der Waals surface area contributed by atoms with Gasteiger partial charge in [0.25, 0.3) is 5.91 Å². The fraction of sp³-hybridized carbons (Fsp3) is 0.364. The van der Waals surface area contributed by atoms with E-state index in [4.69, 9.17) is 9.47 Å². The molecule has 1 saturated heterocycles. The zero-order valence-electron chi connectivity index (χ0n) is 17.7. The highest BCUT2D eigenvalue weighted by molar-refractivity contribution is 7.89. The van der Waals surface area contributed by atoms with Gasteiger partial charge in [0, 0.05) is 13.1 Å². The standard InChI is InChI=1S/C22H25N3O5S2/c1-2-13-29-16-5-7-17(8-6-16)30-15-21(26)24-22-23-19-10-9-18(14-20(19)31-22)32(27,28)25-11-3-4-12-25/h5-10,14H,2-4,11-13,15H2,1H3,(H,23,24,26). The van der Waals surface area contributed by atoms with Gasteiger partial charge < -0.3 is 9.47 Å². The average molecular weight is 476 g/mol. The number of ether oxygens (including phenoxy) is 2. The lowest BCUT2D eigenvalue weighted by Crippen LogP contribution is -2.27. The van der Waals surface area contributed by atoms with Gasteiger partial charge in [-0.05, 0) is 61.7 Å². The second kappa shape index (κ2) is 9.85. The number of aromatic nitrogens is 1. The first-order chi connectivity index (χ1) is 15.5. The second-order valence-corrected chi connectivity index (χ2v) is 10.4. The Kier molecular flexibility index (Phi) is 6.92. The highest BCUT2D eigenvalue weighted by atomic mass is 32.2. The van der Waals surface area contributed by atoms with E-state index < -0.39 is 10.0 Å². The lowest BCUT2D eigenvalue weighted by atomic mass is 10.3. The van der Waals surface area contributed by atoms with E-state index in [1.165, 1.54) is 15.6 Å². The quantitative estimate of drug-likeness (QED) is 0.504. The van der Waals surface area contributed by atoms with E-state index in [1.54, 1.807) is 42.5 Å². The predicted octanol–water partition coefficient (Wildman–Crippen LogP) is 3.89. The van der Waals surface area contributed by atoms with Gasteiger partial charge in [0.15, 0.2) is 11.7 Å². The average Bonchev–Trinajstić information content (AvgIpc) is 3.46. The molecule has 0 bridgehead atoms. The van der Waals surface area contributed by atoms with Crippen molar-refractivity contribution in [3.63, 3.8) is 0 Å². The van der Waals surface area contributed by atoms with Crippen LogP contribution in [0.15, 0.2) is 47.4 Å². The van der Waals surface area contributed by atoms with E-state index in [9.17, 15) is 13.2 Å². The smallest absolute Gasteiger partial charge is 0.264 e. The molecule has 0 unspecified atom stereocenters. The van der Waals surface area contributed by atoms with Crippen LogP contribution in [0.25, 0.3) is 10.2 Å². The number of benzene rings is 2. The van der Waals surface area contributed by atoms with Gasteiger partial charge in [0.05, 0.1) is 21.7 Å². The molecule has 3 aromatic rings. The number of anilines is 1. The van der Waals surface area contributed by atoms with E-state index in [1.807, 2.05) is 6.92 Å². The van der Waals surface area contributed by atoms with Gasteiger partial charge in [-0.2, -0.15) is 4.31 Å². The third-order valence-corrected chi connectivity index (χ3v) is 7.80. The van der Waals surface area contributed by atoms with E-state index in [-0.39, 0.29) is 17.4 Å². The van der Waals surface area contributed by atoms with Gasteiger partial charge in [-0.1, -0.05) is 18.3 Å². The molecule has 2 heterocycles. The number of hydrogen-bond donors (Lipinski definition) is 1. The molecule has 10 heteroatoms. The number of rotatable bonds is 9. The number of hydrogen-bond acceptors (Lipinski definition) is 7. The Hall–Kier alpha value is -2.69. The number of nitrogens with one attached hydrogen (secondary N) is 1. The molecule has 1 aliphatic rings. The van der Waals surface area contributed by atoms with Crippen LogP contribution < -0.4 is 14.8 Å². The fourth-order valence-corrected chi connectivity index (χ4v) is 5.89. The Morgan fingerprint density at radius 2 is 1.78 bits per heavy atom. The number of sulfonamides is 1. The van der Waals surface area contributed by atoms with Crippen molar-refractivity contribution in [1.82, 2.24) is 9.29 Å². The Balaban J connectivity index is 1.37. The molecule has 1 N–H and O–H groups in total. The molecule has 2 aromatic carbocycles. The summed E-state index contributed by atoms with van der Waals surface area (Å²) in [5.74, 6) is 0.967. The zero-order valence-corrected chi connectivity index (χ0v) is 19.4. The lowest BCUT2D eigenvalue weighted by Gasteiger charge is -2.15. The van der Waals surface area contributed by atoms with Crippen LogP contribution in [0.4, 0.5) is 5.13 Å². The van der Waals surface area contributed by atoms with Crippen molar-refractivity contribution in [3.05, 3.63) is 42.5 Å². The van der Waals surface area contributed by atoms with Gasteiger partial charge in [0.1, 0.15) is 11.5 Å². The number of amides is 1. The minimum Gasteiger partial charge on any atom is -0.494 e. The van der Waals surface area contributed by atoms with Gasteiger partial charge in [0.2, 0.25) is 10.0 Å². The van der Waals surface area contributed by atoms with Crippen LogP contribution in [0.5, 0.6) is 11.5 Å². The van der Waals surface area contributed by atoms with Gasteiger partial charge in [-0.25, -0.2) is 13.4 Å². The Bertz CT molecular complexity index is 1190. The minimum atomic E-state index is -3.50. The van der Waals surface area contributed by atoms with E-state index >= 15 is 0 Å². The Labute approximate surface area is 191 Å². The van der Waals surface area contributed by atoms with E-state index in [0.717, 1.165) is 25.0 Å². The molecule has 170 valence electrons. The summed E-state index contributed by atoms with van der Waals surface area (Å²) in [6, 6.07) is 11.9. The molecule has 1 aliphatic heterocycles.